The molecule has 0 unspecified atom stereocenters. The normalized spacial score (nSPS) is 11.3. The number of benzene rings is 2. The molecule has 146 valence electrons. The predicted octanol–water partition coefficient (Wildman–Crippen LogP) is 2.24. The van der Waals surface area contributed by atoms with E-state index in [0.717, 1.165) is 10.6 Å². The van der Waals surface area contributed by atoms with Gasteiger partial charge in [-0.2, -0.15) is 4.31 Å². The van der Waals surface area contributed by atoms with E-state index in [-0.39, 0.29) is 13.1 Å². The highest BCUT2D eigenvalue weighted by Gasteiger charge is 2.21. The first-order valence-electron chi connectivity index (χ1n) is 7.94. The number of amides is 1. The summed E-state index contributed by atoms with van der Waals surface area (Å²) in [4.78, 5) is 12.3. The van der Waals surface area contributed by atoms with Gasteiger partial charge >= 0.3 is 0 Å². The Hall–Kier alpha value is -2.65. The van der Waals surface area contributed by atoms with Crippen LogP contribution in [0.4, 0.5) is 10.1 Å². The lowest BCUT2D eigenvalue weighted by atomic mass is 10.2. The molecule has 0 aliphatic rings. The molecular weight excluding hydrogens is 375 g/mol. The summed E-state index contributed by atoms with van der Waals surface area (Å²) in [7, 11) is -0.685. The molecule has 2 rings (SSSR count). The Bertz CT molecular complexity index is 900. The van der Waals surface area contributed by atoms with Gasteiger partial charge in [0, 0.05) is 18.3 Å². The van der Waals surface area contributed by atoms with Crippen LogP contribution >= 0.6 is 0 Å². The fourth-order valence-electron chi connectivity index (χ4n) is 2.36. The second kappa shape index (κ2) is 8.83. The lowest BCUT2D eigenvalue weighted by Gasteiger charge is -2.20. The summed E-state index contributed by atoms with van der Waals surface area (Å²) in [6, 6.07) is 10.2. The van der Waals surface area contributed by atoms with Gasteiger partial charge in [0.05, 0.1) is 27.0 Å². The molecular formula is C18H21FN2O5S. The summed E-state index contributed by atoms with van der Waals surface area (Å²) in [6.45, 7) is -0.428. The highest BCUT2D eigenvalue weighted by atomic mass is 32.2. The van der Waals surface area contributed by atoms with Crippen LogP contribution in [0.3, 0.4) is 0 Å². The van der Waals surface area contributed by atoms with Gasteiger partial charge in [-0.25, -0.2) is 12.8 Å². The van der Waals surface area contributed by atoms with E-state index in [1.165, 1.54) is 38.5 Å². The van der Waals surface area contributed by atoms with E-state index in [1.54, 1.807) is 18.2 Å². The number of carbonyl (C=O) groups is 1. The van der Waals surface area contributed by atoms with E-state index in [2.05, 4.69) is 5.32 Å². The first kappa shape index (κ1) is 20.7. The molecule has 0 heterocycles. The number of nitrogens with zero attached hydrogens (tertiary/aromatic N) is 1. The molecule has 0 fully saturated rings. The highest BCUT2D eigenvalue weighted by molar-refractivity contribution is 7.88. The summed E-state index contributed by atoms with van der Waals surface area (Å²) in [5.74, 6) is -0.00300. The number of nitrogens with one attached hydrogen (secondary N) is 1. The SMILES string of the molecule is COc1ccc(NC(=O)CN(Cc2ccc(F)cc2)S(C)(=O)=O)cc1OC. The van der Waals surface area contributed by atoms with Crippen molar-refractivity contribution in [2.24, 2.45) is 0 Å². The molecule has 0 atom stereocenters. The molecule has 0 saturated carbocycles. The summed E-state index contributed by atoms with van der Waals surface area (Å²) in [5.41, 5.74) is 1.01. The second-order valence-electron chi connectivity index (χ2n) is 5.78. The van der Waals surface area contributed by atoms with E-state index in [1.807, 2.05) is 0 Å². The van der Waals surface area contributed by atoms with Gasteiger partial charge in [-0.1, -0.05) is 12.1 Å². The van der Waals surface area contributed by atoms with Crippen molar-refractivity contribution < 1.29 is 27.1 Å². The number of ether oxygens (including phenoxy) is 2. The third kappa shape index (κ3) is 5.93. The molecule has 0 spiro atoms. The van der Waals surface area contributed by atoms with Crippen LogP contribution in [0.1, 0.15) is 5.56 Å². The molecule has 0 aromatic heterocycles. The average Bonchev–Trinajstić information content (AvgIpc) is 2.62. The van der Waals surface area contributed by atoms with E-state index >= 15 is 0 Å². The van der Waals surface area contributed by atoms with Crippen LogP contribution in [0.5, 0.6) is 11.5 Å². The zero-order chi connectivity index (χ0) is 20.0. The van der Waals surface area contributed by atoms with Crippen molar-refractivity contribution in [1.29, 1.82) is 0 Å². The number of hydrogen-bond acceptors (Lipinski definition) is 5. The van der Waals surface area contributed by atoms with Crippen LogP contribution in [-0.4, -0.2) is 45.7 Å². The van der Waals surface area contributed by atoms with Crippen LogP contribution < -0.4 is 14.8 Å². The Morgan fingerprint density at radius 1 is 1.07 bits per heavy atom. The Morgan fingerprint density at radius 2 is 1.70 bits per heavy atom. The topological polar surface area (TPSA) is 84.9 Å². The number of anilines is 1. The Labute approximate surface area is 157 Å². The van der Waals surface area contributed by atoms with Gasteiger partial charge < -0.3 is 14.8 Å². The zero-order valence-corrected chi connectivity index (χ0v) is 16.0. The molecule has 1 amide bonds. The molecule has 7 nitrogen and oxygen atoms in total. The van der Waals surface area contributed by atoms with Crippen molar-refractivity contribution in [1.82, 2.24) is 4.31 Å². The average molecular weight is 396 g/mol. The van der Waals surface area contributed by atoms with Gasteiger partial charge in [0.25, 0.3) is 0 Å². The number of rotatable bonds is 8. The van der Waals surface area contributed by atoms with E-state index in [4.69, 9.17) is 9.47 Å². The third-order valence-corrected chi connectivity index (χ3v) is 4.92. The zero-order valence-electron chi connectivity index (χ0n) is 15.2. The molecule has 0 radical (unpaired) electrons. The van der Waals surface area contributed by atoms with Crippen molar-refractivity contribution in [2.45, 2.75) is 6.54 Å². The molecule has 0 aliphatic carbocycles. The molecule has 2 aromatic carbocycles. The summed E-state index contributed by atoms with van der Waals surface area (Å²) >= 11 is 0. The number of halogens is 1. The molecule has 0 bridgehead atoms. The molecule has 1 N–H and O–H groups in total. The van der Waals surface area contributed by atoms with Crippen molar-refractivity contribution in [3.63, 3.8) is 0 Å². The Kier molecular flexibility index (Phi) is 6.75. The van der Waals surface area contributed by atoms with Crippen molar-refractivity contribution >= 4 is 21.6 Å². The van der Waals surface area contributed by atoms with Crippen LogP contribution in [-0.2, 0) is 21.4 Å². The van der Waals surface area contributed by atoms with Crippen LogP contribution in [0, 0.1) is 5.82 Å². The number of sulfonamides is 1. The van der Waals surface area contributed by atoms with Crippen LogP contribution in [0.15, 0.2) is 42.5 Å². The summed E-state index contributed by atoms with van der Waals surface area (Å²) in [6.07, 6.45) is 1.01. The standard InChI is InChI=1S/C18H21FN2O5S/c1-25-16-9-8-15(10-17(16)26-2)20-18(22)12-21(27(3,23)24)11-13-4-6-14(19)7-5-13/h4-10H,11-12H2,1-3H3,(H,20,22). The van der Waals surface area contributed by atoms with E-state index in [0.29, 0.717) is 22.7 Å². The quantitative estimate of drug-likeness (QED) is 0.740. The third-order valence-electron chi connectivity index (χ3n) is 3.73. The fourth-order valence-corrected chi connectivity index (χ4v) is 3.09. The molecule has 27 heavy (non-hydrogen) atoms. The highest BCUT2D eigenvalue weighted by Crippen LogP contribution is 2.29. The van der Waals surface area contributed by atoms with Crippen LogP contribution in [0.2, 0.25) is 0 Å². The van der Waals surface area contributed by atoms with Crippen molar-refractivity contribution in [3.8, 4) is 11.5 Å². The summed E-state index contributed by atoms with van der Waals surface area (Å²) < 4.78 is 48.3. The van der Waals surface area contributed by atoms with Crippen molar-refractivity contribution in [2.75, 3.05) is 32.3 Å². The maximum absolute atomic E-state index is 13.0. The maximum Gasteiger partial charge on any atom is 0.239 e. The fraction of sp³-hybridized carbons (Fsp3) is 0.278. The number of methoxy groups -OCH3 is 2. The minimum atomic E-state index is -3.65. The predicted molar refractivity (Wildman–Crippen MR) is 99.8 cm³/mol. The first-order valence-corrected chi connectivity index (χ1v) is 9.79. The van der Waals surface area contributed by atoms with Gasteiger partial charge in [-0.05, 0) is 29.8 Å². The monoisotopic (exact) mass is 396 g/mol. The van der Waals surface area contributed by atoms with Gasteiger partial charge in [0.1, 0.15) is 5.82 Å². The Balaban J connectivity index is 2.11. The smallest absolute Gasteiger partial charge is 0.239 e. The molecule has 0 saturated heterocycles. The van der Waals surface area contributed by atoms with Gasteiger partial charge in [0.2, 0.25) is 15.9 Å². The summed E-state index contributed by atoms with van der Waals surface area (Å²) in [5, 5.41) is 2.62. The maximum atomic E-state index is 13.0. The van der Waals surface area contributed by atoms with Gasteiger partial charge in [0.15, 0.2) is 11.5 Å². The molecule has 0 aliphatic heterocycles. The van der Waals surface area contributed by atoms with Gasteiger partial charge in [-0.3, -0.25) is 4.79 Å². The molecule has 9 heteroatoms. The van der Waals surface area contributed by atoms with Crippen LogP contribution in [0.25, 0.3) is 0 Å². The lowest BCUT2D eigenvalue weighted by molar-refractivity contribution is -0.116. The van der Waals surface area contributed by atoms with Crippen molar-refractivity contribution in [3.05, 3.63) is 53.8 Å². The minimum absolute atomic E-state index is 0.0432. The number of carbonyl (C=O) groups excluding carboxylic acids is 1. The number of hydrogen-bond donors (Lipinski definition) is 1. The first-order chi connectivity index (χ1) is 12.7. The Morgan fingerprint density at radius 3 is 2.26 bits per heavy atom. The van der Waals surface area contributed by atoms with Gasteiger partial charge in [-0.15, -0.1) is 0 Å². The van der Waals surface area contributed by atoms with E-state index in [9.17, 15) is 17.6 Å². The second-order valence-corrected chi connectivity index (χ2v) is 7.76. The largest absolute Gasteiger partial charge is 0.493 e. The molecule has 2 aromatic rings. The van der Waals surface area contributed by atoms with E-state index < -0.39 is 21.7 Å². The minimum Gasteiger partial charge on any atom is -0.493 e. The lowest BCUT2D eigenvalue weighted by Crippen LogP contribution is -2.36.